The smallest absolute Gasteiger partial charge is 0.416 e. The summed E-state index contributed by atoms with van der Waals surface area (Å²) in [6.45, 7) is 18.2. The number of ketones is 1. The Labute approximate surface area is 276 Å². The minimum absolute atomic E-state index is 0.00844. The zero-order valence-corrected chi connectivity index (χ0v) is 28.6. The molecule has 1 N–H and O–H groups in total. The third kappa shape index (κ3) is 6.48. The summed E-state index contributed by atoms with van der Waals surface area (Å²) in [5, 5.41) is 2.56. The molecule has 1 saturated heterocycles. The van der Waals surface area contributed by atoms with Crippen LogP contribution in [0.25, 0.3) is 0 Å². The van der Waals surface area contributed by atoms with Crippen LogP contribution >= 0.6 is 0 Å². The third-order valence-corrected chi connectivity index (χ3v) is 8.65. The van der Waals surface area contributed by atoms with Crippen molar-refractivity contribution >= 4 is 35.5 Å². The standard InChI is InChI=1S/C36H45N3O8/c1-11-35(8,9)36-21-25(28(41)37-26(29(42)45-10)27(40)22-17-13-12-14-18-22)39(32(44)47-34(5,6)7)30(36)38(31(43)46-33(2,3)4)24-20-16-15-19-23(24)36/h11-20,25-26,30H,1,21H2,2-10H3,(H,37,41)/t25-,26+,30-,36+/m0/s1. The van der Waals surface area contributed by atoms with Gasteiger partial charge < -0.3 is 19.5 Å². The van der Waals surface area contributed by atoms with E-state index in [4.69, 9.17) is 14.2 Å². The molecule has 0 spiro atoms. The molecule has 2 aliphatic rings. The lowest BCUT2D eigenvalue weighted by atomic mass is 9.60. The molecule has 11 heteroatoms. The first-order chi connectivity index (χ1) is 21.8. The van der Waals surface area contributed by atoms with E-state index < -0.39 is 70.1 Å². The van der Waals surface area contributed by atoms with Crippen LogP contribution in [0.1, 0.15) is 77.7 Å². The fraction of sp³-hybridized carbons (Fsp3) is 0.472. The highest BCUT2D eigenvalue weighted by atomic mass is 16.6. The Balaban J connectivity index is 1.93. The van der Waals surface area contributed by atoms with Crippen LogP contribution in [0, 0.1) is 5.41 Å². The van der Waals surface area contributed by atoms with Crippen LogP contribution in [-0.2, 0) is 29.2 Å². The number of rotatable bonds is 7. The molecule has 4 atom stereocenters. The minimum atomic E-state index is -1.70. The molecule has 0 aromatic heterocycles. The zero-order valence-electron chi connectivity index (χ0n) is 28.6. The quantitative estimate of drug-likeness (QED) is 0.132. The summed E-state index contributed by atoms with van der Waals surface area (Å²) < 4.78 is 16.6. The number of nitrogens with zero attached hydrogens (tertiary/aromatic N) is 2. The summed E-state index contributed by atoms with van der Waals surface area (Å²) in [5.74, 6) is -2.46. The second-order valence-electron chi connectivity index (χ2n) is 14.4. The lowest BCUT2D eigenvalue weighted by Gasteiger charge is -2.45. The van der Waals surface area contributed by atoms with Crippen LogP contribution in [0.15, 0.2) is 67.3 Å². The number of allylic oxidation sites excluding steroid dienone is 1. The van der Waals surface area contributed by atoms with Crippen LogP contribution in [0.2, 0.25) is 0 Å². The number of carbonyl (C=O) groups excluding carboxylic acids is 5. The van der Waals surface area contributed by atoms with E-state index >= 15 is 0 Å². The molecule has 0 saturated carbocycles. The Bertz CT molecular complexity index is 1570. The zero-order chi connectivity index (χ0) is 35.1. The topological polar surface area (TPSA) is 132 Å². The van der Waals surface area contributed by atoms with Gasteiger partial charge in [-0.1, -0.05) is 68.5 Å². The van der Waals surface area contributed by atoms with Gasteiger partial charge in [0.25, 0.3) is 0 Å². The van der Waals surface area contributed by atoms with Crippen LogP contribution in [0.3, 0.4) is 0 Å². The molecule has 0 radical (unpaired) electrons. The Morgan fingerprint density at radius 2 is 1.43 bits per heavy atom. The SMILES string of the molecule is C=CC(C)(C)[C@@]12C[C@@H](C(=O)N[C@@H](C(=O)OC)C(=O)c3ccccc3)N(C(=O)OC(C)(C)C)[C@@H]1N(C(=O)OC(C)(C)C)c1ccccc12. The molecule has 47 heavy (non-hydrogen) atoms. The Morgan fingerprint density at radius 3 is 1.98 bits per heavy atom. The van der Waals surface area contributed by atoms with E-state index in [1.165, 1.54) is 21.9 Å². The normalized spacial score (nSPS) is 21.2. The maximum Gasteiger partial charge on any atom is 0.416 e. The summed E-state index contributed by atoms with van der Waals surface area (Å²) in [7, 11) is 1.12. The molecule has 4 rings (SSSR count). The molecule has 0 bridgehead atoms. The first-order valence-electron chi connectivity index (χ1n) is 15.5. The van der Waals surface area contributed by atoms with Gasteiger partial charge >= 0.3 is 18.2 Å². The summed E-state index contributed by atoms with van der Waals surface area (Å²) in [4.78, 5) is 71.9. The number of ether oxygens (including phenoxy) is 3. The van der Waals surface area contributed by atoms with Gasteiger partial charge in [0, 0.05) is 11.0 Å². The number of hydrogen-bond acceptors (Lipinski definition) is 8. The van der Waals surface area contributed by atoms with Gasteiger partial charge in [0.1, 0.15) is 23.4 Å². The van der Waals surface area contributed by atoms with Gasteiger partial charge in [-0.2, -0.15) is 0 Å². The molecule has 11 nitrogen and oxygen atoms in total. The van der Waals surface area contributed by atoms with Crippen LogP contribution in [0.4, 0.5) is 15.3 Å². The number of esters is 1. The van der Waals surface area contributed by atoms with Gasteiger partial charge in [0.15, 0.2) is 11.8 Å². The van der Waals surface area contributed by atoms with Crippen molar-refractivity contribution in [2.24, 2.45) is 5.41 Å². The molecule has 2 aromatic rings. The molecule has 0 aliphatic carbocycles. The monoisotopic (exact) mass is 647 g/mol. The first kappa shape index (κ1) is 35.2. The first-order valence-corrected chi connectivity index (χ1v) is 15.5. The summed E-state index contributed by atoms with van der Waals surface area (Å²) in [5.41, 5.74) is -2.40. The van der Waals surface area contributed by atoms with Gasteiger partial charge in [-0.25, -0.2) is 14.4 Å². The minimum Gasteiger partial charge on any atom is -0.467 e. The van der Waals surface area contributed by atoms with Gasteiger partial charge in [-0.15, -0.1) is 6.58 Å². The van der Waals surface area contributed by atoms with E-state index in [0.29, 0.717) is 11.3 Å². The lowest BCUT2D eigenvalue weighted by molar-refractivity contribution is -0.144. The van der Waals surface area contributed by atoms with Crippen molar-refractivity contribution in [3.63, 3.8) is 0 Å². The number of methoxy groups -OCH3 is 1. The summed E-state index contributed by atoms with van der Waals surface area (Å²) in [6, 6.07) is 12.3. The van der Waals surface area contributed by atoms with Gasteiger partial charge in [0.2, 0.25) is 5.91 Å². The maximum atomic E-state index is 14.4. The molecular weight excluding hydrogens is 602 g/mol. The van der Waals surface area contributed by atoms with Crippen molar-refractivity contribution in [1.29, 1.82) is 0 Å². The molecule has 0 unspecified atom stereocenters. The second-order valence-corrected chi connectivity index (χ2v) is 14.4. The predicted molar refractivity (Wildman–Crippen MR) is 176 cm³/mol. The number of para-hydroxylation sites is 1. The average molecular weight is 648 g/mol. The Morgan fingerprint density at radius 1 is 0.872 bits per heavy atom. The van der Waals surface area contributed by atoms with Crippen molar-refractivity contribution in [2.45, 2.75) is 96.7 Å². The van der Waals surface area contributed by atoms with E-state index in [9.17, 15) is 24.0 Å². The molecule has 1 fully saturated rings. The van der Waals surface area contributed by atoms with E-state index in [2.05, 4.69) is 11.9 Å². The van der Waals surface area contributed by atoms with Crippen molar-refractivity contribution in [3.05, 3.63) is 78.4 Å². The fourth-order valence-corrected chi connectivity index (χ4v) is 6.46. The van der Waals surface area contributed by atoms with Crippen molar-refractivity contribution in [1.82, 2.24) is 10.2 Å². The number of benzene rings is 2. The van der Waals surface area contributed by atoms with Gasteiger partial charge in [-0.3, -0.25) is 19.4 Å². The molecular formula is C36H45N3O8. The van der Waals surface area contributed by atoms with Crippen LogP contribution in [0.5, 0.6) is 0 Å². The molecule has 2 heterocycles. The predicted octanol–water partition coefficient (Wildman–Crippen LogP) is 5.77. The Kier molecular flexibility index (Phi) is 9.36. The number of amides is 3. The second kappa shape index (κ2) is 12.5. The van der Waals surface area contributed by atoms with Crippen LogP contribution in [-0.4, -0.2) is 71.3 Å². The number of fused-ring (bicyclic) bond motifs is 3. The number of carbonyl (C=O) groups is 5. The van der Waals surface area contributed by atoms with Gasteiger partial charge in [-0.05, 0) is 65.0 Å². The number of anilines is 1. The summed E-state index contributed by atoms with van der Waals surface area (Å²) >= 11 is 0. The molecule has 2 aromatic carbocycles. The highest BCUT2D eigenvalue weighted by Gasteiger charge is 2.70. The van der Waals surface area contributed by atoms with E-state index in [1.54, 1.807) is 78.0 Å². The number of Topliss-reactive ketones (excluding diaryl/α,β-unsaturated/α-hetero) is 1. The van der Waals surface area contributed by atoms with Crippen molar-refractivity contribution in [3.8, 4) is 0 Å². The molecule has 2 aliphatic heterocycles. The highest BCUT2D eigenvalue weighted by Crippen LogP contribution is 2.62. The van der Waals surface area contributed by atoms with Crippen molar-refractivity contribution < 1.29 is 38.2 Å². The number of hydrogen-bond donors (Lipinski definition) is 1. The van der Waals surface area contributed by atoms with Crippen molar-refractivity contribution in [2.75, 3.05) is 12.0 Å². The highest BCUT2D eigenvalue weighted by molar-refractivity contribution is 6.14. The average Bonchev–Trinajstić information content (AvgIpc) is 3.49. The lowest BCUT2D eigenvalue weighted by Crippen LogP contribution is -2.61. The number of likely N-dealkylation sites (tertiary alicyclic amines) is 1. The molecule has 252 valence electrons. The van der Waals surface area contributed by atoms with Crippen LogP contribution < -0.4 is 10.2 Å². The van der Waals surface area contributed by atoms with Gasteiger partial charge in [0.05, 0.1) is 12.8 Å². The third-order valence-electron chi connectivity index (χ3n) is 8.65. The fourth-order valence-electron chi connectivity index (χ4n) is 6.46. The molecule has 3 amide bonds. The van der Waals surface area contributed by atoms with E-state index in [0.717, 1.165) is 7.11 Å². The van der Waals surface area contributed by atoms with E-state index in [1.807, 2.05) is 26.0 Å². The van der Waals surface area contributed by atoms with E-state index in [-0.39, 0.29) is 12.0 Å². The Hall–Kier alpha value is -4.67. The largest absolute Gasteiger partial charge is 0.467 e. The number of nitrogens with one attached hydrogen (secondary N) is 1. The summed E-state index contributed by atoms with van der Waals surface area (Å²) in [6.07, 6.45) is -0.979. The maximum absolute atomic E-state index is 14.4.